The fraction of sp³-hybridized carbons (Fsp3) is 0.333. The first kappa shape index (κ1) is 13.4. The Labute approximate surface area is 107 Å². The third kappa shape index (κ3) is 4.03. The molecule has 1 aromatic carbocycles. The molecule has 0 aliphatic carbocycles. The SMILES string of the molecule is COc1ccc(/C=N/N(C)C(=S)N(C)C)cc1. The smallest absolute Gasteiger partial charge is 0.191 e. The fourth-order valence-corrected chi connectivity index (χ4v) is 1.23. The maximum atomic E-state index is 5.17. The lowest BCUT2D eigenvalue weighted by Gasteiger charge is -2.20. The van der Waals surface area contributed by atoms with E-state index in [4.69, 9.17) is 17.0 Å². The van der Waals surface area contributed by atoms with Crippen molar-refractivity contribution in [2.45, 2.75) is 0 Å². The van der Waals surface area contributed by atoms with E-state index in [0.717, 1.165) is 11.3 Å². The second-order valence-corrected chi connectivity index (χ2v) is 4.08. The Morgan fingerprint density at radius 3 is 2.29 bits per heavy atom. The lowest BCUT2D eigenvalue weighted by atomic mass is 10.2. The van der Waals surface area contributed by atoms with Gasteiger partial charge in [-0.3, -0.25) is 0 Å². The number of nitrogens with zero attached hydrogens (tertiary/aromatic N) is 3. The van der Waals surface area contributed by atoms with Crippen LogP contribution in [0.15, 0.2) is 29.4 Å². The summed E-state index contributed by atoms with van der Waals surface area (Å²) in [6, 6.07) is 7.67. The van der Waals surface area contributed by atoms with E-state index >= 15 is 0 Å². The van der Waals surface area contributed by atoms with Crippen LogP contribution in [0.4, 0.5) is 0 Å². The molecule has 4 nitrogen and oxygen atoms in total. The van der Waals surface area contributed by atoms with E-state index in [9.17, 15) is 0 Å². The molecular weight excluding hydrogens is 234 g/mol. The minimum absolute atomic E-state index is 0.662. The van der Waals surface area contributed by atoms with Crippen LogP contribution in [0.1, 0.15) is 5.56 Å². The Hall–Kier alpha value is -1.62. The number of rotatable bonds is 3. The molecule has 0 heterocycles. The van der Waals surface area contributed by atoms with E-state index in [1.807, 2.05) is 50.3 Å². The zero-order chi connectivity index (χ0) is 12.8. The Bertz CT molecular complexity index is 401. The average molecular weight is 251 g/mol. The highest BCUT2D eigenvalue weighted by molar-refractivity contribution is 7.80. The highest BCUT2D eigenvalue weighted by atomic mass is 32.1. The van der Waals surface area contributed by atoms with E-state index in [1.54, 1.807) is 18.3 Å². The summed E-state index contributed by atoms with van der Waals surface area (Å²) in [7, 11) is 7.25. The van der Waals surface area contributed by atoms with Gasteiger partial charge in [0.25, 0.3) is 0 Å². The van der Waals surface area contributed by atoms with Gasteiger partial charge in [0.1, 0.15) is 5.75 Å². The summed E-state index contributed by atoms with van der Waals surface area (Å²) < 4.78 is 5.08. The van der Waals surface area contributed by atoms with Crippen molar-refractivity contribution in [1.82, 2.24) is 9.91 Å². The number of hydrogen-bond acceptors (Lipinski definition) is 3. The topological polar surface area (TPSA) is 28.1 Å². The van der Waals surface area contributed by atoms with E-state index in [1.165, 1.54) is 0 Å². The number of thiocarbonyl (C=S) groups is 1. The van der Waals surface area contributed by atoms with Gasteiger partial charge in [-0.25, -0.2) is 5.01 Å². The van der Waals surface area contributed by atoms with Crippen LogP contribution < -0.4 is 4.74 Å². The number of benzene rings is 1. The molecule has 0 radical (unpaired) electrons. The number of hydrogen-bond donors (Lipinski definition) is 0. The van der Waals surface area contributed by atoms with Crippen LogP contribution in [-0.2, 0) is 0 Å². The van der Waals surface area contributed by atoms with Crippen LogP contribution in [-0.4, -0.2) is 49.5 Å². The highest BCUT2D eigenvalue weighted by Crippen LogP contribution is 2.09. The molecule has 0 aliphatic heterocycles. The van der Waals surface area contributed by atoms with Gasteiger partial charge in [-0.1, -0.05) is 0 Å². The van der Waals surface area contributed by atoms with Crippen LogP contribution in [0.5, 0.6) is 5.75 Å². The Morgan fingerprint density at radius 1 is 1.24 bits per heavy atom. The zero-order valence-corrected chi connectivity index (χ0v) is 11.4. The van der Waals surface area contributed by atoms with Crippen LogP contribution in [0, 0.1) is 0 Å². The summed E-state index contributed by atoms with van der Waals surface area (Å²) in [5, 5.41) is 6.57. The van der Waals surface area contributed by atoms with E-state index < -0.39 is 0 Å². The molecular formula is C12H17N3OS. The minimum atomic E-state index is 0.662. The largest absolute Gasteiger partial charge is 0.497 e. The number of ether oxygens (including phenoxy) is 1. The van der Waals surface area contributed by atoms with Gasteiger partial charge in [0, 0.05) is 21.1 Å². The summed E-state index contributed by atoms with van der Waals surface area (Å²) in [6.07, 6.45) is 1.76. The second-order valence-electron chi connectivity index (χ2n) is 3.72. The summed E-state index contributed by atoms with van der Waals surface area (Å²) in [6.45, 7) is 0. The van der Waals surface area contributed by atoms with Crippen molar-refractivity contribution >= 4 is 23.5 Å². The normalized spacial score (nSPS) is 10.4. The predicted octanol–water partition coefficient (Wildman–Crippen LogP) is 1.81. The first-order chi connectivity index (χ1) is 8.04. The van der Waals surface area contributed by atoms with Gasteiger partial charge in [0.2, 0.25) is 0 Å². The molecule has 17 heavy (non-hydrogen) atoms. The molecule has 0 unspecified atom stereocenters. The van der Waals surface area contributed by atoms with Crippen molar-refractivity contribution in [1.29, 1.82) is 0 Å². The van der Waals surface area contributed by atoms with E-state index in [-0.39, 0.29) is 0 Å². The van der Waals surface area contributed by atoms with Crippen molar-refractivity contribution in [3.63, 3.8) is 0 Å². The molecule has 92 valence electrons. The van der Waals surface area contributed by atoms with Crippen molar-refractivity contribution in [3.8, 4) is 5.75 Å². The number of methoxy groups -OCH3 is 1. The molecule has 0 aromatic heterocycles. The molecule has 0 atom stereocenters. The first-order valence-electron chi connectivity index (χ1n) is 5.17. The maximum Gasteiger partial charge on any atom is 0.191 e. The summed E-state index contributed by atoms with van der Waals surface area (Å²) in [5.41, 5.74) is 0.999. The maximum absolute atomic E-state index is 5.17. The third-order valence-corrected chi connectivity index (χ3v) is 2.78. The highest BCUT2D eigenvalue weighted by Gasteiger charge is 2.02. The first-order valence-corrected chi connectivity index (χ1v) is 5.58. The van der Waals surface area contributed by atoms with Crippen molar-refractivity contribution in [2.75, 3.05) is 28.3 Å². The van der Waals surface area contributed by atoms with Crippen molar-refractivity contribution in [2.24, 2.45) is 5.10 Å². The monoisotopic (exact) mass is 251 g/mol. The molecule has 0 bridgehead atoms. The molecule has 0 saturated carbocycles. The molecule has 0 saturated heterocycles. The summed E-state index contributed by atoms with van der Waals surface area (Å²) in [4.78, 5) is 1.83. The predicted molar refractivity (Wildman–Crippen MR) is 74.6 cm³/mol. The standard InChI is InChI=1S/C12H17N3OS/c1-14(2)12(17)15(3)13-9-10-5-7-11(16-4)8-6-10/h5-9H,1-4H3/b13-9+. The molecule has 0 fully saturated rings. The zero-order valence-electron chi connectivity index (χ0n) is 10.5. The van der Waals surface area contributed by atoms with Gasteiger partial charge in [0.15, 0.2) is 5.11 Å². The van der Waals surface area contributed by atoms with Crippen molar-refractivity contribution in [3.05, 3.63) is 29.8 Å². The molecule has 0 spiro atoms. The number of hydrazone groups is 1. The van der Waals surface area contributed by atoms with Crippen LogP contribution in [0.3, 0.4) is 0 Å². The van der Waals surface area contributed by atoms with Gasteiger partial charge in [0.05, 0.1) is 13.3 Å². The van der Waals surface area contributed by atoms with Gasteiger partial charge < -0.3 is 9.64 Å². The summed E-state index contributed by atoms with van der Waals surface area (Å²) >= 11 is 5.17. The molecule has 0 aliphatic rings. The molecule has 1 aromatic rings. The van der Waals surface area contributed by atoms with E-state index in [2.05, 4.69) is 5.10 Å². The van der Waals surface area contributed by atoms with Crippen LogP contribution in [0.25, 0.3) is 0 Å². The molecule has 0 N–H and O–H groups in total. The Morgan fingerprint density at radius 2 is 1.82 bits per heavy atom. The van der Waals surface area contributed by atoms with Gasteiger partial charge in [-0.05, 0) is 42.0 Å². The van der Waals surface area contributed by atoms with Gasteiger partial charge in [-0.15, -0.1) is 0 Å². The van der Waals surface area contributed by atoms with Crippen molar-refractivity contribution < 1.29 is 4.74 Å². The Kier molecular flexibility index (Phi) is 4.90. The second kappa shape index (κ2) is 6.20. The lowest BCUT2D eigenvalue weighted by molar-refractivity contribution is 0.415. The minimum Gasteiger partial charge on any atom is -0.497 e. The van der Waals surface area contributed by atoms with Gasteiger partial charge >= 0.3 is 0 Å². The quantitative estimate of drug-likeness (QED) is 0.465. The third-order valence-electron chi connectivity index (χ3n) is 2.16. The summed E-state index contributed by atoms with van der Waals surface area (Å²) in [5.74, 6) is 0.833. The average Bonchev–Trinajstić information content (AvgIpc) is 2.35. The van der Waals surface area contributed by atoms with E-state index in [0.29, 0.717) is 5.11 Å². The molecule has 5 heteroatoms. The van der Waals surface area contributed by atoms with Gasteiger partial charge in [-0.2, -0.15) is 5.10 Å². The molecule has 1 rings (SSSR count). The Balaban J connectivity index is 2.66. The van der Waals surface area contributed by atoms with Crippen LogP contribution >= 0.6 is 12.2 Å². The fourth-order valence-electron chi connectivity index (χ4n) is 1.18. The van der Waals surface area contributed by atoms with Crippen LogP contribution in [0.2, 0.25) is 0 Å². The lowest BCUT2D eigenvalue weighted by Crippen LogP contribution is -2.32. The molecule has 0 amide bonds.